The average Bonchev–Trinajstić information content (AvgIpc) is 3.21. The van der Waals surface area contributed by atoms with E-state index in [9.17, 15) is 9.59 Å². The van der Waals surface area contributed by atoms with Crippen LogP contribution < -0.4 is 15.4 Å². The third-order valence-electron chi connectivity index (χ3n) is 4.05. The van der Waals surface area contributed by atoms with Gasteiger partial charge in [0.05, 0.1) is 18.5 Å². The lowest BCUT2D eigenvalue weighted by Crippen LogP contribution is -2.23. The molecule has 0 unspecified atom stereocenters. The van der Waals surface area contributed by atoms with E-state index in [-0.39, 0.29) is 17.6 Å². The first-order chi connectivity index (χ1) is 13.2. The van der Waals surface area contributed by atoms with Crippen molar-refractivity contribution in [1.29, 1.82) is 0 Å². The highest BCUT2D eigenvalue weighted by Gasteiger charge is 2.21. The number of anilines is 1. The minimum Gasteiger partial charge on any atom is -0.467 e. The molecule has 0 fully saturated rings. The number of hydrogen-bond acceptors (Lipinski definition) is 4. The van der Waals surface area contributed by atoms with Crippen LogP contribution in [0.4, 0.5) is 5.69 Å². The molecule has 3 aromatic rings. The van der Waals surface area contributed by atoms with Gasteiger partial charge in [-0.25, -0.2) is 0 Å². The lowest BCUT2D eigenvalue weighted by molar-refractivity contribution is -0.115. The van der Waals surface area contributed by atoms with Gasteiger partial charge in [-0.1, -0.05) is 24.3 Å². The summed E-state index contributed by atoms with van der Waals surface area (Å²) in [5.41, 5.74) is 1.91. The fraction of sp³-hybridized carbons (Fsp3) is 0.0476. The third-order valence-corrected chi connectivity index (χ3v) is 4.05. The molecule has 2 N–H and O–H groups in total. The fourth-order valence-electron chi connectivity index (χ4n) is 2.67. The number of amides is 2. The lowest BCUT2D eigenvalue weighted by atomic mass is 10.1. The van der Waals surface area contributed by atoms with Crippen LogP contribution in [0, 0.1) is 0 Å². The maximum atomic E-state index is 12.2. The maximum Gasteiger partial charge on any atom is 0.291 e. The number of nitrogens with one attached hydrogen (secondary N) is 2. The molecule has 0 saturated heterocycles. The number of carbonyl (C=O) groups is 2. The highest BCUT2D eigenvalue weighted by atomic mass is 16.5. The smallest absolute Gasteiger partial charge is 0.291 e. The zero-order valence-electron chi connectivity index (χ0n) is 14.3. The second-order valence-electron chi connectivity index (χ2n) is 5.94. The number of hydrogen-bond donors (Lipinski definition) is 2. The molecule has 0 bridgehead atoms. The van der Waals surface area contributed by atoms with Gasteiger partial charge >= 0.3 is 0 Å². The van der Waals surface area contributed by atoms with Crippen molar-refractivity contribution < 1.29 is 18.7 Å². The molecular formula is C21H16N2O4. The predicted molar refractivity (Wildman–Crippen MR) is 100.0 cm³/mol. The first-order valence-corrected chi connectivity index (χ1v) is 8.39. The number of carbonyl (C=O) groups excluding carboxylic acids is 2. The summed E-state index contributed by atoms with van der Waals surface area (Å²) in [6, 6.07) is 17.7. The standard InChI is InChI=1S/C21H16N2O4/c24-20(22-13-16-4-3-11-26-16)15-9-7-14(8-10-15)12-19-21(25)23-17-5-1-2-6-18(17)27-19/h1-12H,13H2,(H,22,24)(H,23,25)/b19-12-. The topological polar surface area (TPSA) is 80.6 Å². The summed E-state index contributed by atoms with van der Waals surface area (Å²) < 4.78 is 10.8. The number of rotatable bonds is 4. The van der Waals surface area contributed by atoms with E-state index in [1.165, 1.54) is 0 Å². The zero-order chi connectivity index (χ0) is 18.6. The van der Waals surface area contributed by atoms with Crippen LogP contribution in [0.15, 0.2) is 77.1 Å². The molecule has 1 aliphatic heterocycles. The Balaban J connectivity index is 1.45. The molecule has 0 spiro atoms. The molecule has 6 heteroatoms. The van der Waals surface area contributed by atoms with Crippen LogP contribution in [0.25, 0.3) is 6.08 Å². The largest absolute Gasteiger partial charge is 0.467 e. The molecule has 2 aromatic carbocycles. The molecule has 134 valence electrons. The second kappa shape index (κ2) is 7.21. The van der Waals surface area contributed by atoms with E-state index in [4.69, 9.17) is 9.15 Å². The van der Waals surface area contributed by atoms with Crippen molar-refractivity contribution in [1.82, 2.24) is 5.32 Å². The number of fused-ring (bicyclic) bond motifs is 1. The van der Waals surface area contributed by atoms with Gasteiger partial charge in [-0.05, 0) is 48.0 Å². The normalized spacial score (nSPS) is 14.2. The van der Waals surface area contributed by atoms with Crippen molar-refractivity contribution in [3.63, 3.8) is 0 Å². The molecule has 6 nitrogen and oxygen atoms in total. The molecule has 0 aliphatic carbocycles. The summed E-state index contributed by atoms with van der Waals surface area (Å²) in [7, 11) is 0. The Morgan fingerprint density at radius 3 is 2.63 bits per heavy atom. The minimum absolute atomic E-state index is 0.198. The number of furan rings is 1. The Labute approximate surface area is 155 Å². The first kappa shape index (κ1) is 16.7. The van der Waals surface area contributed by atoms with E-state index in [1.54, 1.807) is 60.9 Å². The Morgan fingerprint density at radius 1 is 1.04 bits per heavy atom. The minimum atomic E-state index is -0.311. The van der Waals surface area contributed by atoms with Crippen molar-refractivity contribution >= 4 is 23.6 Å². The summed E-state index contributed by atoms with van der Waals surface area (Å²) in [5.74, 6) is 0.964. The van der Waals surface area contributed by atoms with Crippen molar-refractivity contribution in [3.8, 4) is 5.75 Å². The van der Waals surface area contributed by atoms with Crippen LogP contribution in [0.3, 0.4) is 0 Å². The van der Waals surface area contributed by atoms with Gasteiger partial charge < -0.3 is 19.8 Å². The molecule has 2 heterocycles. The molecule has 1 aromatic heterocycles. The van der Waals surface area contributed by atoms with Gasteiger partial charge in [0.25, 0.3) is 11.8 Å². The van der Waals surface area contributed by atoms with Crippen molar-refractivity contribution in [2.75, 3.05) is 5.32 Å². The van der Waals surface area contributed by atoms with Crippen LogP contribution >= 0.6 is 0 Å². The van der Waals surface area contributed by atoms with Crippen molar-refractivity contribution in [2.24, 2.45) is 0 Å². The number of benzene rings is 2. The fourth-order valence-corrected chi connectivity index (χ4v) is 2.67. The summed E-state index contributed by atoms with van der Waals surface area (Å²) in [6.45, 7) is 0.324. The van der Waals surface area contributed by atoms with Crippen molar-refractivity contribution in [3.05, 3.63) is 89.6 Å². The summed E-state index contributed by atoms with van der Waals surface area (Å²) in [5, 5.41) is 5.57. The molecule has 0 saturated carbocycles. The SMILES string of the molecule is O=C1Nc2ccccc2O/C1=C\c1ccc(C(=O)NCc2ccco2)cc1. The summed E-state index contributed by atoms with van der Waals surface area (Å²) in [6.07, 6.45) is 3.20. The maximum absolute atomic E-state index is 12.2. The molecule has 0 radical (unpaired) electrons. The van der Waals surface area contributed by atoms with E-state index in [0.717, 1.165) is 5.56 Å². The van der Waals surface area contributed by atoms with Gasteiger partial charge in [-0.15, -0.1) is 0 Å². The van der Waals surface area contributed by atoms with E-state index in [2.05, 4.69) is 10.6 Å². The van der Waals surface area contributed by atoms with Gasteiger partial charge in [-0.2, -0.15) is 0 Å². The molecule has 27 heavy (non-hydrogen) atoms. The molecule has 2 amide bonds. The highest BCUT2D eigenvalue weighted by Crippen LogP contribution is 2.30. The van der Waals surface area contributed by atoms with E-state index >= 15 is 0 Å². The van der Waals surface area contributed by atoms with Gasteiger partial charge in [-0.3, -0.25) is 9.59 Å². The Bertz CT molecular complexity index is 1000. The van der Waals surface area contributed by atoms with Gasteiger partial charge in [0.2, 0.25) is 0 Å². The average molecular weight is 360 g/mol. The second-order valence-corrected chi connectivity index (χ2v) is 5.94. The Morgan fingerprint density at radius 2 is 1.85 bits per heavy atom. The summed E-state index contributed by atoms with van der Waals surface area (Å²) >= 11 is 0. The number of para-hydroxylation sites is 2. The van der Waals surface area contributed by atoms with Crippen LogP contribution in [0.5, 0.6) is 5.75 Å². The van der Waals surface area contributed by atoms with Crippen LogP contribution in [0.2, 0.25) is 0 Å². The molecule has 4 rings (SSSR count). The Kier molecular flexibility index (Phi) is 4.45. The highest BCUT2D eigenvalue weighted by molar-refractivity contribution is 6.08. The Hall–Kier alpha value is -3.80. The molecule has 0 atom stereocenters. The quantitative estimate of drug-likeness (QED) is 0.697. The van der Waals surface area contributed by atoms with E-state index in [1.807, 2.05) is 12.1 Å². The third kappa shape index (κ3) is 3.74. The lowest BCUT2D eigenvalue weighted by Gasteiger charge is -2.19. The predicted octanol–water partition coefficient (Wildman–Crippen LogP) is 3.58. The monoisotopic (exact) mass is 360 g/mol. The van der Waals surface area contributed by atoms with Gasteiger partial charge in [0, 0.05) is 5.56 Å². The zero-order valence-corrected chi connectivity index (χ0v) is 14.3. The van der Waals surface area contributed by atoms with E-state index < -0.39 is 0 Å². The van der Waals surface area contributed by atoms with E-state index in [0.29, 0.717) is 29.3 Å². The van der Waals surface area contributed by atoms with Crippen LogP contribution in [-0.4, -0.2) is 11.8 Å². The van der Waals surface area contributed by atoms with Gasteiger partial charge in [0.15, 0.2) is 11.5 Å². The molecular weight excluding hydrogens is 344 g/mol. The van der Waals surface area contributed by atoms with Crippen LogP contribution in [0.1, 0.15) is 21.7 Å². The van der Waals surface area contributed by atoms with Crippen molar-refractivity contribution in [2.45, 2.75) is 6.54 Å². The first-order valence-electron chi connectivity index (χ1n) is 8.39. The summed E-state index contributed by atoms with van der Waals surface area (Å²) in [4.78, 5) is 24.3. The molecule has 1 aliphatic rings. The van der Waals surface area contributed by atoms with Crippen LogP contribution in [-0.2, 0) is 11.3 Å². The van der Waals surface area contributed by atoms with Gasteiger partial charge in [0.1, 0.15) is 5.76 Å². The number of ether oxygens (including phenoxy) is 1.